The van der Waals surface area contributed by atoms with Gasteiger partial charge in [0.25, 0.3) is 0 Å². The van der Waals surface area contributed by atoms with Crippen LogP contribution in [0.2, 0.25) is 0 Å². The van der Waals surface area contributed by atoms with Gasteiger partial charge in [0.2, 0.25) is 0 Å². The number of allylic oxidation sites excluding steroid dienone is 1. The number of hydrogen-bond acceptors (Lipinski definition) is 5. The molecule has 184 valence electrons. The van der Waals surface area contributed by atoms with Crippen molar-refractivity contribution in [1.82, 2.24) is 9.96 Å². The summed E-state index contributed by atoms with van der Waals surface area (Å²) in [4.78, 5) is 7.91. The van der Waals surface area contributed by atoms with Gasteiger partial charge in [0, 0.05) is 25.6 Å². The SMILES string of the molecule is CN(C)CCON(C)C/C=C/C1CC[C@@]2(O)[C@@H]3CCC4CC(O)CC[C@]4(C)[C@@H]3CC[C@]12C. The maximum absolute atomic E-state index is 12.2. The van der Waals surface area contributed by atoms with Gasteiger partial charge in [-0.25, -0.2) is 0 Å². The van der Waals surface area contributed by atoms with Crippen LogP contribution in [0.15, 0.2) is 12.2 Å². The lowest BCUT2D eigenvalue weighted by molar-refractivity contribution is -0.207. The third-order valence-electron chi connectivity index (χ3n) is 10.5. The standard InChI is InChI=1S/C27H48N2O3/c1-25-13-11-22(30)19-21(25)8-9-24-23(25)12-14-26(2)20(10-15-27(24,26)31)7-6-16-29(5)32-18-17-28(3)4/h6-7,20-24,30-31H,8-19H2,1-5H3/b7-6+/t20?,21?,22?,23-,24-,25+,26-,27-/m1/s1. The second-order valence-corrected chi connectivity index (χ2v) is 12.3. The van der Waals surface area contributed by atoms with Crippen molar-refractivity contribution in [2.24, 2.45) is 34.5 Å². The van der Waals surface area contributed by atoms with Crippen molar-refractivity contribution in [2.45, 2.75) is 83.3 Å². The van der Waals surface area contributed by atoms with Crippen LogP contribution >= 0.6 is 0 Å². The molecule has 4 fully saturated rings. The highest BCUT2D eigenvalue weighted by Crippen LogP contribution is 2.69. The first-order valence-corrected chi connectivity index (χ1v) is 13.2. The van der Waals surface area contributed by atoms with Crippen molar-refractivity contribution >= 4 is 0 Å². The van der Waals surface area contributed by atoms with Crippen molar-refractivity contribution in [1.29, 1.82) is 0 Å². The fraction of sp³-hybridized carbons (Fsp3) is 0.926. The molecule has 5 heteroatoms. The van der Waals surface area contributed by atoms with E-state index in [1.54, 1.807) is 0 Å². The Labute approximate surface area is 196 Å². The average molecular weight is 449 g/mol. The molecule has 8 atom stereocenters. The summed E-state index contributed by atoms with van der Waals surface area (Å²) in [5, 5.41) is 24.4. The summed E-state index contributed by atoms with van der Waals surface area (Å²) in [5.74, 6) is 2.13. The molecule has 2 N–H and O–H groups in total. The van der Waals surface area contributed by atoms with Crippen LogP contribution in [0.5, 0.6) is 0 Å². The molecule has 4 aliphatic carbocycles. The third kappa shape index (κ3) is 4.22. The molecule has 0 saturated heterocycles. The Morgan fingerprint density at radius 1 is 0.969 bits per heavy atom. The Kier molecular flexibility index (Phi) is 7.16. The molecule has 0 amide bonds. The lowest BCUT2D eigenvalue weighted by atomic mass is 9.43. The quantitative estimate of drug-likeness (QED) is 0.454. The van der Waals surface area contributed by atoms with Crippen molar-refractivity contribution in [3.63, 3.8) is 0 Å². The normalized spacial score (nSPS) is 46.5. The highest BCUT2D eigenvalue weighted by molar-refractivity contribution is 5.19. The molecule has 0 bridgehead atoms. The van der Waals surface area contributed by atoms with Crippen LogP contribution in [0.3, 0.4) is 0 Å². The number of rotatable bonds is 7. The molecule has 0 spiro atoms. The van der Waals surface area contributed by atoms with Gasteiger partial charge in [-0.2, -0.15) is 5.06 Å². The Morgan fingerprint density at radius 2 is 1.75 bits per heavy atom. The molecule has 3 unspecified atom stereocenters. The number of likely N-dealkylation sites (N-methyl/N-ethyl adjacent to an activating group) is 2. The summed E-state index contributed by atoms with van der Waals surface area (Å²) in [6.45, 7) is 7.28. The zero-order valence-corrected chi connectivity index (χ0v) is 21.2. The summed E-state index contributed by atoms with van der Waals surface area (Å²) in [7, 11) is 6.12. The summed E-state index contributed by atoms with van der Waals surface area (Å²) in [6, 6.07) is 0. The minimum atomic E-state index is -0.539. The van der Waals surface area contributed by atoms with Crippen LogP contribution < -0.4 is 0 Å². The molecule has 32 heavy (non-hydrogen) atoms. The highest BCUT2D eigenvalue weighted by Gasteiger charge is 2.66. The first-order chi connectivity index (χ1) is 15.1. The Balaban J connectivity index is 1.41. The second kappa shape index (κ2) is 9.30. The largest absolute Gasteiger partial charge is 0.393 e. The molecule has 0 aliphatic heterocycles. The Bertz CT molecular complexity index is 684. The van der Waals surface area contributed by atoms with Gasteiger partial charge < -0.3 is 15.1 Å². The van der Waals surface area contributed by atoms with E-state index in [4.69, 9.17) is 4.84 Å². The number of hydroxylamine groups is 2. The van der Waals surface area contributed by atoms with Gasteiger partial charge in [-0.3, -0.25) is 4.84 Å². The van der Waals surface area contributed by atoms with E-state index < -0.39 is 5.60 Å². The Morgan fingerprint density at radius 3 is 2.50 bits per heavy atom. The first-order valence-electron chi connectivity index (χ1n) is 13.2. The highest BCUT2D eigenvalue weighted by atomic mass is 16.7. The van der Waals surface area contributed by atoms with Gasteiger partial charge in [0.05, 0.1) is 18.3 Å². The zero-order chi connectivity index (χ0) is 23.1. The monoisotopic (exact) mass is 448 g/mol. The zero-order valence-electron chi connectivity index (χ0n) is 21.2. The van der Waals surface area contributed by atoms with Gasteiger partial charge in [-0.15, -0.1) is 0 Å². The molecule has 4 rings (SSSR count). The van der Waals surface area contributed by atoms with Gasteiger partial charge in [-0.1, -0.05) is 26.0 Å². The van der Waals surface area contributed by atoms with Crippen LogP contribution in [-0.4, -0.2) is 72.7 Å². The van der Waals surface area contributed by atoms with Gasteiger partial charge in [0.15, 0.2) is 0 Å². The number of fused-ring (bicyclic) bond motifs is 5. The van der Waals surface area contributed by atoms with E-state index in [2.05, 4.69) is 45.0 Å². The Hall–Kier alpha value is -0.460. The average Bonchev–Trinajstić information content (AvgIpc) is 2.99. The second-order valence-electron chi connectivity index (χ2n) is 12.3. The number of nitrogens with zero attached hydrogens (tertiary/aromatic N) is 2. The predicted octanol–water partition coefficient (Wildman–Crippen LogP) is 4.10. The summed E-state index contributed by atoms with van der Waals surface area (Å²) in [6.07, 6.45) is 14.3. The van der Waals surface area contributed by atoms with E-state index in [0.29, 0.717) is 35.7 Å². The summed E-state index contributed by atoms with van der Waals surface area (Å²) in [5.41, 5.74) is -0.255. The molecule has 0 aromatic heterocycles. The molecular weight excluding hydrogens is 400 g/mol. The fourth-order valence-electron chi connectivity index (χ4n) is 8.36. The predicted molar refractivity (Wildman–Crippen MR) is 129 cm³/mol. The molecule has 4 aliphatic rings. The smallest absolute Gasteiger partial charge is 0.0811 e. The van der Waals surface area contributed by atoms with E-state index in [0.717, 1.165) is 58.0 Å². The van der Waals surface area contributed by atoms with Crippen molar-refractivity contribution in [2.75, 3.05) is 40.8 Å². The maximum atomic E-state index is 12.2. The van der Waals surface area contributed by atoms with Crippen LogP contribution in [-0.2, 0) is 4.84 Å². The molecular formula is C27H48N2O3. The minimum absolute atomic E-state index is 0.0214. The van der Waals surface area contributed by atoms with Crippen LogP contribution in [0, 0.1) is 34.5 Å². The van der Waals surface area contributed by atoms with Gasteiger partial charge in [0.1, 0.15) is 0 Å². The molecule has 0 aromatic carbocycles. The summed E-state index contributed by atoms with van der Waals surface area (Å²) >= 11 is 0. The van der Waals surface area contributed by atoms with Crippen LogP contribution in [0.1, 0.15) is 71.6 Å². The van der Waals surface area contributed by atoms with Crippen molar-refractivity contribution < 1.29 is 15.1 Å². The van der Waals surface area contributed by atoms with Crippen molar-refractivity contribution in [3.8, 4) is 0 Å². The van der Waals surface area contributed by atoms with Gasteiger partial charge in [-0.05, 0) is 101 Å². The van der Waals surface area contributed by atoms with E-state index in [-0.39, 0.29) is 11.5 Å². The molecule has 0 heterocycles. The topological polar surface area (TPSA) is 56.2 Å². The van der Waals surface area contributed by atoms with Crippen LogP contribution in [0.25, 0.3) is 0 Å². The lowest BCUT2D eigenvalue weighted by Crippen LogP contribution is -2.62. The third-order valence-corrected chi connectivity index (χ3v) is 10.5. The molecule has 5 nitrogen and oxygen atoms in total. The number of aliphatic hydroxyl groups is 2. The van der Waals surface area contributed by atoms with E-state index >= 15 is 0 Å². The van der Waals surface area contributed by atoms with Crippen LogP contribution in [0.4, 0.5) is 0 Å². The van der Waals surface area contributed by atoms with E-state index in [1.807, 2.05) is 12.1 Å². The van der Waals surface area contributed by atoms with E-state index in [1.165, 1.54) is 12.8 Å². The molecule has 0 aromatic rings. The lowest BCUT2D eigenvalue weighted by Gasteiger charge is -2.63. The molecule has 0 radical (unpaired) electrons. The fourth-order valence-corrected chi connectivity index (χ4v) is 8.36. The first kappa shape index (κ1) is 24.7. The minimum Gasteiger partial charge on any atom is -0.393 e. The number of hydrogen-bond donors (Lipinski definition) is 2. The van der Waals surface area contributed by atoms with Crippen molar-refractivity contribution in [3.05, 3.63) is 12.2 Å². The van der Waals surface area contributed by atoms with E-state index in [9.17, 15) is 10.2 Å². The van der Waals surface area contributed by atoms with Gasteiger partial charge >= 0.3 is 0 Å². The molecule has 4 saturated carbocycles. The number of aliphatic hydroxyl groups excluding tert-OH is 1. The summed E-state index contributed by atoms with van der Waals surface area (Å²) < 4.78 is 0. The maximum Gasteiger partial charge on any atom is 0.0811 e.